The minimum Gasteiger partial charge on any atom is -0.477 e. The lowest BCUT2D eigenvalue weighted by Crippen LogP contribution is -2.55. The van der Waals surface area contributed by atoms with Gasteiger partial charge in [-0.1, -0.05) is 48.3 Å². The van der Waals surface area contributed by atoms with Crippen molar-refractivity contribution in [1.29, 1.82) is 0 Å². The first kappa shape index (κ1) is 24.3. The second-order valence-electron chi connectivity index (χ2n) is 8.33. The first-order valence-corrected chi connectivity index (χ1v) is 11.9. The number of nitrogens with zero attached hydrogens (tertiary/aromatic N) is 2. The summed E-state index contributed by atoms with van der Waals surface area (Å²) in [6.07, 6.45) is 1.13. The minimum atomic E-state index is -1.08. The quantitative estimate of drug-likeness (QED) is 0.431. The zero-order valence-corrected chi connectivity index (χ0v) is 20.4. The van der Waals surface area contributed by atoms with Gasteiger partial charge in [0.15, 0.2) is 5.69 Å². The van der Waals surface area contributed by atoms with Crippen molar-refractivity contribution in [1.82, 2.24) is 15.3 Å². The summed E-state index contributed by atoms with van der Waals surface area (Å²) < 4.78 is 6.12. The number of fused-ring (bicyclic) bond motifs is 1. The summed E-state index contributed by atoms with van der Waals surface area (Å²) >= 11 is 12.4. The van der Waals surface area contributed by atoms with Crippen LogP contribution in [0.3, 0.4) is 0 Å². The van der Waals surface area contributed by atoms with E-state index >= 15 is 0 Å². The summed E-state index contributed by atoms with van der Waals surface area (Å²) in [4.78, 5) is 33.9. The van der Waals surface area contributed by atoms with E-state index in [1.165, 1.54) is 0 Å². The third-order valence-electron chi connectivity index (χ3n) is 5.95. The van der Waals surface area contributed by atoms with Crippen molar-refractivity contribution in [3.05, 3.63) is 57.5 Å². The highest BCUT2D eigenvalue weighted by Crippen LogP contribution is 2.31. The fourth-order valence-corrected chi connectivity index (χ4v) is 4.65. The lowest BCUT2D eigenvalue weighted by Gasteiger charge is -2.40. The average Bonchev–Trinajstić information content (AvgIpc) is 3.10. The molecule has 0 bridgehead atoms. The van der Waals surface area contributed by atoms with Gasteiger partial charge in [0.1, 0.15) is 5.69 Å². The van der Waals surface area contributed by atoms with Gasteiger partial charge in [-0.3, -0.25) is 4.79 Å². The van der Waals surface area contributed by atoms with Crippen LogP contribution in [-0.2, 0) is 4.74 Å². The molecule has 0 spiro atoms. The van der Waals surface area contributed by atoms with Gasteiger partial charge in [0, 0.05) is 36.5 Å². The summed E-state index contributed by atoms with van der Waals surface area (Å²) in [6, 6.07) is 8.82. The predicted octanol–water partition coefficient (Wildman–Crippen LogP) is 4.68. The maximum absolute atomic E-state index is 12.9. The van der Waals surface area contributed by atoms with Gasteiger partial charge < -0.3 is 25.0 Å². The summed E-state index contributed by atoms with van der Waals surface area (Å²) in [7, 11) is 0. The Hall–Kier alpha value is -2.81. The molecule has 180 valence electrons. The monoisotopic (exact) mass is 504 g/mol. The van der Waals surface area contributed by atoms with Gasteiger partial charge in [-0.15, -0.1) is 0 Å². The van der Waals surface area contributed by atoms with Crippen molar-refractivity contribution >= 4 is 51.7 Å². The molecule has 0 saturated carbocycles. The number of benzene rings is 1. The third kappa shape index (κ3) is 4.85. The number of H-pyrrole nitrogens is 1. The first-order valence-electron chi connectivity index (χ1n) is 11.1. The van der Waals surface area contributed by atoms with Crippen LogP contribution < -0.4 is 10.2 Å². The number of carboxylic acids is 1. The van der Waals surface area contributed by atoms with E-state index in [1.54, 1.807) is 19.1 Å². The van der Waals surface area contributed by atoms with Crippen LogP contribution in [0.4, 0.5) is 5.69 Å². The SMILES string of the molecule is CCCO[C@H]1CN(c2cc(C(=O)O)nc3ccccc23)CC[C@H]1NC(=O)c1[nH]c(C)c(Cl)c1Cl. The predicted molar refractivity (Wildman–Crippen MR) is 132 cm³/mol. The Bertz CT molecular complexity index is 1230. The molecule has 1 saturated heterocycles. The van der Waals surface area contributed by atoms with Crippen molar-refractivity contribution < 1.29 is 19.4 Å². The van der Waals surface area contributed by atoms with Crippen molar-refractivity contribution in [2.75, 3.05) is 24.6 Å². The number of piperidine rings is 1. The number of pyridine rings is 1. The smallest absolute Gasteiger partial charge is 0.354 e. The van der Waals surface area contributed by atoms with Crippen LogP contribution in [0.5, 0.6) is 0 Å². The normalized spacial score (nSPS) is 18.3. The van der Waals surface area contributed by atoms with E-state index in [1.807, 2.05) is 25.1 Å². The Morgan fingerprint density at radius 2 is 2.06 bits per heavy atom. The summed E-state index contributed by atoms with van der Waals surface area (Å²) in [6.45, 7) is 5.39. The van der Waals surface area contributed by atoms with E-state index in [4.69, 9.17) is 27.9 Å². The maximum atomic E-state index is 12.9. The van der Waals surface area contributed by atoms with E-state index in [0.29, 0.717) is 42.4 Å². The summed E-state index contributed by atoms with van der Waals surface area (Å²) in [5.74, 6) is -1.42. The van der Waals surface area contributed by atoms with Gasteiger partial charge in [0.25, 0.3) is 5.91 Å². The van der Waals surface area contributed by atoms with E-state index in [2.05, 4.69) is 20.2 Å². The van der Waals surface area contributed by atoms with Gasteiger partial charge in [-0.2, -0.15) is 0 Å². The van der Waals surface area contributed by atoms with Crippen LogP contribution in [0, 0.1) is 6.92 Å². The highest BCUT2D eigenvalue weighted by Gasteiger charge is 2.33. The number of ether oxygens (including phenoxy) is 1. The lowest BCUT2D eigenvalue weighted by molar-refractivity contribution is 0.0205. The fourth-order valence-electron chi connectivity index (χ4n) is 4.24. The molecule has 3 N–H and O–H groups in total. The molecule has 2 aromatic heterocycles. The fraction of sp³-hybridized carbons (Fsp3) is 0.375. The Morgan fingerprint density at radius 3 is 2.74 bits per heavy atom. The number of rotatable bonds is 7. The van der Waals surface area contributed by atoms with Crippen molar-refractivity contribution in [2.24, 2.45) is 0 Å². The number of hydrogen-bond donors (Lipinski definition) is 3. The van der Waals surface area contributed by atoms with E-state index in [9.17, 15) is 14.7 Å². The van der Waals surface area contributed by atoms with Crippen LogP contribution in [0.2, 0.25) is 10.0 Å². The van der Waals surface area contributed by atoms with Gasteiger partial charge >= 0.3 is 5.97 Å². The van der Waals surface area contributed by atoms with Gasteiger partial charge in [0.05, 0.1) is 27.7 Å². The topological polar surface area (TPSA) is 108 Å². The van der Waals surface area contributed by atoms with Crippen molar-refractivity contribution in [2.45, 2.75) is 38.8 Å². The minimum absolute atomic E-state index is 0.0104. The van der Waals surface area contributed by atoms with Crippen LogP contribution in [0.25, 0.3) is 10.9 Å². The number of aromatic nitrogens is 2. The van der Waals surface area contributed by atoms with Crippen molar-refractivity contribution in [3.8, 4) is 0 Å². The molecular formula is C24H26Cl2N4O4. The zero-order chi connectivity index (χ0) is 24.4. The number of aryl methyl sites for hydroxylation is 1. The summed E-state index contributed by atoms with van der Waals surface area (Å²) in [5, 5.41) is 14.0. The van der Waals surface area contributed by atoms with Crippen LogP contribution >= 0.6 is 23.2 Å². The second-order valence-corrected chi connectivity index (χ2v) is 9.08. The molecule has 34 heavy (non-hydrogen) atoms. The number of carbonyl (C=O) groups excluding carboxylic acids is 1. The molecule has 0 radical (unpaired) electrons. The molecule has 1 aliphatic heterocycles. The molecular weight excluding hydrogens is 479 g/mol. The number of hydrogen-bond acceptors (Lipinski definition) is 5. The molecule has 0 aliphatic carbocycles. The van der Waals surface area contributed by atoms with Gasteiger partial charge in [-0.05, 0) is 31.9 Å². The number of aromatic amines is 1. The summed E-state index contributed by atoms with van der Waals surface area (Å²) in [5.41, 5.74) is 2.25. The molecule has 0 unspecified atom stereocenters. The van der Waals surface area contributed by atoms with Crippen LogP contribution in [0.1, 0.15) is 46.4 Å². The zero-order valence-electron chi connectivity index (χ0n) is 18.9. The Morgan fingerprint density at radius 1 is 1.29 bits per heavy atom. The van der Waals surface area contributed by atoms with Crippen LogP contribution in [0.15, 0.2) is 30.3 Å². The van der Waals surface area contributed by atoms with E-state index in [-0.39, 0.29) is 34.5 Å². The Labute approximate surface area is 207 Å². The standard InChI is InChI=1S/C24H26Cl2N4O4/c1-3-10-34-19-12-30(18-11-17(24(32)33)28-15-7-5-4-6-14(15)18)9-8-16(19)29-23(31)22-21(26)20(25)13(2)27-22/h4-7,11,16,19,27H,3,8-10,12H2,1-2H3,(H,29,31)(H,32,33)/t16-,19+/m1/s1. The number of anilines is 1. The third-order valence-corrected chi connectivity index (χ3v) is 6.89. The first-order chi connectivity index (χ1) is 16.3. The molecule has 1 fully saturated rings. The number of para-hydroxylation sites is 1. The van der Waals surface area contributed by atoms with Gasteiger partial charge in [-0.25, -0.2) is 9.78 Å². The number of nitrogens with one attached hydrogen (secondary N) is 2. The number of amides is 1. The number of aromatic carboxylic acids is 1. The van der Waals surface area contributed by atoms with E-state index < -0.39 is 5.97 Å². The Balaban J connectivity index is 1.60. The molecule has 4 rings (SSSR count). The number of carbonyl (C=O) groups is 2. The molecule has 3 aromatic rings. The molecule has 8 nitrogen and oxygen atoms in total. The average molecular weight is 505 g/mol. The molecule has 10 heteroatoms. The number of carboxylic acid groups (broad SMARTS) is 1. The second kappa shape index (κ2) is 10.2. The molecule has 1 amide bonds. The number of halogens is 2. The van der Waals surface area contributed by atoms with E-state index in [0.717, 1.165) is 17.5 Å². The Kier molecular flexibility index (Phi) is 7.30. The molecule has 1 aromatic carbocycles. The highest BCUT2D eigenvalue weighted by atomic mass is 35.5. The van der Waals surface area contributed by atoms with Crippen LogP contribution in [-0.4, -0.2) is 58.8 Å². The highest BCUT2D eigenvalue weighted by molar-refractivity contribution is 6.44. The largest absolute Gasteiger partial charge is 0.477 e. The molecule has 3 heterocycles. The van der Waals surface area contributed by atoms with Crippen molar-refractivity contribution in [3.63, 3.8) is 0 Å². The molecule has 1 aliphatic rings. The maximum Gasteiger partial charge on any atom is 0.354 e. The molecule has 2 atom stereocenters. The lowest BCUT2D eigenvalue weighted by atomic mass is 9.99. The van der Waals surface area contributed by atoms with Gasteiger partial charge in [0.2, 0.25) is 0 Å².